The first kappa shape index (κ1) is 14.4. The first-order valence-corrected chi connectivity index (χ1v) is 7.95. The first-order valence-electron chi connectivity index (χ1n) is 7.95. The van der Waals surface area contributed by atoms with Crippen molar-refractivity contribution in [3.05, 3.63) is 23.8 Å². The molecule has 1 fully saturated rings. The van der Waals surface area contributed by atoms with E-state index in [1.807, 2.05) is 7.05 Å². The van der Waals surface area contributed by atoms with Crippen molar-refractivity contribution in [1.29, 1.82) is 0 Å². The minimum atomic E-state index is -0.214. The summed E-state index contributed by atoms with van der Waals surface area (Å²) in [5.41, 5.74) is 3.20. The highest BCUT2D eigenvalue weighted by Gasteiger charge is 2.30. The predicted molar refractivity (Wildman–Crippen MR) is 86.7 cm³/mol. The molecule has 0 aromatic heterocycles. The molecule has 1 heterocycles. The molecule has 21 heavy (non-hydrogen) atoms. The highest BCUT2D eigenvalue weighted by molar-refractivity contribution is 6.03. The number of likely N-dealkylation sites (N-methyl/N-ethyl adjacent to an activating group) is 1. The van der Waals surface area contributed by atoms with Gasteiger partial charge in [-0.15, -0.1) is 0 Å². The van der Waals surface area contributed by atoms with Crippen LogP contribution >= 0.6 is 0 Å². The zero-order valence-corrected chi connectivity index (χ0v) is 13.1. The van der Waals surface area contributed by atoms with Gasteiger partial charge in [0.25, 0.3) is 0 Å². The van der Waals surface area contributed by atoms with E-state index in [0.29, 0.717) is 6.04 Å². The maximum absolute atomic E-state index is 11.9. The number of rotatable bonds is 3. The zero-order valence-electron chi connectivity index (χ0n) is 13.1. The Morgan fingerprint density at radius 3 is 2.86 bits per heavy atom. The fourth-order valence-electron chi connectivity index (χ4n) is 3.72. The normalized spacial score (nSPS) is 28.1. The molecule has 4 heteroatoms. The predicted octanol–water partition coefficient (Wildman–Crippen LogP) is 2.91. The van der Waals surface area contributed by atoms with E-state index in [2.05, 4.69) is 47.7 Å². The standard InChI is InChI=1S/C17H25N3O/c1-11-5-4-6-12(9-11)20(3)13-7-8-14-15(10-13)19-17(21)16(14)18-2/h7-8,10-12,16,18H,4-6,9H2,1-3H3,(H,19,21). The molecule has 114 valence electrons. The third-order valence-corrected chi connectivity index (χ3v) is 5.02. The molecule has 0 saturated heterocycles. The fraction of sp³-hybridized carbons (Fsp3) is 0.588. The summed E-state index contributed by atoms with van der Waals surface area (Å²) in [6.07, 6.45) is 5.20. The minimum Gasteiger partial charge on any atom is -0.372 e. The maximum atomic E-state index is 11.9. The van der Waals surface area contributed by atoms with Crippen LogP contribution in [-0.4, -0.2) is 26.0 Å². The Bertz CT molecular complexity index is 543. The molecule has 3 unspecified atom stereocenters. The molecule has 1 saturated carbocycles. The van der Waals surface area contributed by atoms with Crippen molar-refractivity contribution in [2.45, 2.75) is 44.7 Å². The summed E-state index contributed by atoms with van der Waals surface area (Å²) >= 11 is 0. The molecule has 3 rings (SSSR count). The van der Waals surface area contributed by atoms with E-state index in [1.54, 1.807) is 0 Å². The van der Waals surface area contributed by atoms with Gasteiger partial charge in [-0.05, 0) is 37.9 Å². The van der Waals surface area contributed by atoms with Crippen LogP contribution in [-0.2, 0) is 4.79 Å². The Hall–Kier alpha value is -1.55. The lowest BCUT2D eigenvalue weighted by atomic mass is 9.86. The Labute approximate surface area is 126 Å². The molecule has 0 radical (unpaired) electrons. The number of benzene rings is 1. The van der Waals surface area contributed by atoms with E-state index in [1.165, 1.54) is 31.4 Å². The van der Waals surface area contributed by atoms with Crippen molar-refractivity contribution in [3.63, 3.8) is 0 Å². The molecule has 2 aliphatic rings. The van der Waals surface area contributed by atoms with Crippen LogP contribution in [0.25, 0.3) is 0 Å². The number of carbonyl (C=O) groups is 1. The molecule has 1 aliphatic carbocycles. The molecule has 1 aliphatic heterocycles. The number of carbonyl (C=O) groups excluding carboxylic acids is 1. The van der Waals surface area contributed by atoms with Crippen LogP contribution in [0.5, 0.6) is 0 Å². The lowest BCUT2D eigenvalue weighted by Crippen LogP contribution is -2.35. The van der Waals surface area contributed by atoms with E-state index in [0.717, 1.165) is 17.2 Å². The molecule has 0 spiro atoms. The molecular formula is C17H25N3O. The van der Waals surface area contributed by atoms with Gasteiger partial charge in [0.15, 0.2) is 0 Å². The van der Waals surface area contributed by atoms with Gasteiger partial charge < -0.3 is 15.5 Å². The number of amides is 1. The fourth-order valence-corrected chi connectivity index (χ4v) is 3.72. The Balaban J connectivity index is 1.81. The summed E-state index contributed by atoms with van der Waals surface area (Å²) in [7, 11) is 4.00. The topological polar surface area (TPSA) is 44.4 Å². The molecule has 2 N–H and O–H groups in total. The van der Waals surface area contributed by atoms with Crippen LogP contribution < -0.4 is 15.5 Å². The lowest BCUT2D eigenvalue weighted by Gasteiger charge is -2.35. The number of nitrogens with zero attached hydrogens (tertiary/aromatic N) is 1. The molecule has 4 nitrogen and oxygen atoms in total. The summed E-state index contributed by atoms with van der Waals surface area (Å²) < 4.78 is 0. The van der Waals surface area contributed by atoms with Crippen LogP contribution in [0.2, 0.25) is 0 Å². The average molecular weight is 287 g/mol. The quantitative estimate of drug-likeness (QED) is 0.898. The molecule has 3 atom stereocenters. The monoisotopic (exact) mass is 287 g/mol. The van der Waals surface area contributed by atoms with Gasteiger partial charge in [-0.25, -0.2) is 0 Å². The third kappa shape index (κ3) is 2.64. The lowest BCUT2D eigenvalue weighted by molar-refractivity contribution is -0.117. The van der Waals surface area contributed by atoms with Gasteiger partial charge >= 0.3 is 0 Å². The van der Waals surface area contributed by atoms with Gasteiger partial charge in [-0.3, -0.25) is 4.79 Å². The number of hydrogen-bond acceptors (Lipinski definition) is 3. The third-order valence-electron chi connectivity index (χ3n) is 5.02. The molecule has 1 aromatic carbocycles. The van der Waals surface area contributed by atoms with E-state index >= 15 is 0 Å². The van der Waals surface area contributed by atoms with Gasteiger partial charge in [0.1, 0.15) is 6.04 Å². The van der Waals surface area contributed by atoms with Crippen molar-refractivity contribution in [1.82, 2.24) is 5.32 Å². The number of fused-ring (bicyclic) bond motifs is 1. The second kappa shape index (κ2) is 5.68. The summed E-state index contributed by atoms with van der Waals surface area (Å²) in [6.45, 7) is 2.35. The molecule has 1 aromatic rings. The van der Waals surface area contributed by atoms with Crippen LogP contribution in [0.1, 0.15) is 44.2 Å². The van der Waals surface area contributed by atoms with Crippen molar-refractivity contribution in [3.8, 4) is 0 Å². The van der Waals surface area contributed by atoms with Gasteiger partial charge in [0.2, 0.25) is 5.91 Å². The Kier molecular flexibility index (Phi) is 3.89. The van der Waals surface area contributed by atoms with Gasteiger partial charge in [-0.1, -0.05) is 25.8 Å². The van der Waals surface area contributed by atoms with Gasteiger partial charge in [-0.2, -0.15) is 0 Å². The molecule has 1 amide bonds. The largest absolute Gasteiger partial charge is 0.372 e. The number of hydrogen-bond donors (Lipinski definition) is 2. The van der Waals surface area contributed by atoms with E-state index in [4.69, 9.17) is 0 Å². The average Bonchev–Trinajstić information content (AvgIpc) is 2.80. The minimum absolute atomic E-state index is 0.0404. The van der Waals surface area contributed by atoms with Crippen molar-refractivity contribution < 1.29 is 4.79 Å². The Morgan fingerprint density at radius 1 is 1.33 bits per heavy atom. The van der Waals surface area contributed by atoms with E-state index < -0.39 is 0 Å². The SMILES string of the molecule is CNC1C(=O)Nc2cc(N(C)C3CCCC(C)C3)ccc21. The van der Waals surface area contributed by atoms with Crippen molar-refractivity contribution >= 4 is 17.3 Å². The second-order valence-corrected chi connectivity index (χ2v) is 6.52. The summed E-state index contributed by atoms with van der Waals surface area (Å²) in [5.74, 6) is 0.854. The van der Waals surface area contributed by atoms with Crippen molar-refractivity contribution in [2.75, 3.05) is 24.3 Å². The highest BCUT2D eigenvalue weighted by Crippen LogP contribution is 2.36. The van der Waals surface area contributed by atoms with Gasteiger partial charge in [0, 0.05) is 30.0 Å². The zero-order chi connectivity index (χ0) is 15.0. The van der Waals surface area contributed by atoms with Crippen LogP contribution in [0.3, 0.4) is 0 Å². The molecule has 0 bridgehead atoms. The Morgan fingerprint density at radius 2 is 2.14 bits per heavy atom. The second-order valence-electron chi connectivity index (χ2n) is 6.52. The van der Waals surface area contributed by atoms with Crippen LogP contribution in [0, 0.1) is 5.92 Å². The van der Waals surface area contributed by atoms with Crippen LogP contribution in [0.15, 0.2) is 18.2 Å². The van der Waals surface area contributed by atoms with Crippen LogP contribution in [0.4, 0.5) is 11.4 Å². The van der Waals surface area contributed by atoms with Crippen molar-refractivity contribution in [2.24, 2.45) is 5.92 Å². The number of nitrogens with one attached hydrogen (secondary N) is 2. The maximum Gasteiger partial charge on any atom is 0.246 e. The smallest absolute Gasteiger partial charge is 0.246 e. The summed E-state index contributed by atoms with van der Waals surface area (Å²) in [5, 5.41) is 6.04. The van der Waals surface area contributed by atoms with Gasteiger partial charge in [0.05, 0.1) is 0 Å². The summed E-state index contributed by atoms with van der Waals surface area (Å²) in [6, 6.07) is 6.73. The van der Waals surface area contributed by atoms with E-state index in [9.17, 15) is 4.79 Å². The van der Waals surface area contributed by atoms with E-state index in [-0.39, 0.29) is 11.9 Å². The molecular weight excluding hydrogens is 262 g/mol. The summed E-state index contributed by atoms with van der Waals surface area (Å²) in [4.78, 5) is 14.3. The number of anilines is 2. The highest BCUT2D eigenvalue weighted by atomic mass is 16.2. The first-order chi connectivity index (χ1) is 10.1.